The molecule has 0 atom stereocenters. The van der Waals surface area contributed by atoms with E-state index in [0.29, 0.717) is 18.7 Å². The van der Waals surface area contributed by atoms with Gasteiger partial charge in [0.1, 0.15) is 0 Å². The Bertz CT molecular complexity index is 903. The van der Waals surface area contributed by atoms with Crippen LogP contribution in [0.1, 0.15) is 35.3 Å². The third-order valence-corrected chi connectivity index (χ3v) is 6.49. The van der Waals surface area contributed by atoms with E-state index < -0.39 is 10.0 Å². The van der Waals surface area contributed by atoms with Crippen molar-refractivity contribution < 1.29 is 13.2 Å². The van der Waals surface area contributed by atoms with Crippen LogP contribution >= 0.6 is 0 Å². The van der Waals surface area contributed by atoms with Gasteiger partial charge in [0, 0.05) is 31.4 Å². The zero-order valence-corrected chi connectivity index (χ0v) is 16.8. The Labute approximate surface area is 156 Å². The Hall–Kier alpha value is -2.18. The minimum Gasteiger partial charge on any atom is -0.311 e. The fourth-order valence-electron chi connectivity index (χ4n) is 2.99. The number of benzene rings is 2. The summed E-state index contributed by atoms with van der Waals surface area (Å²) >= 11 is 0. The highest BCUT2D eigenvalue weighted by atomic mass is 32.2. The fraction of sp³-hybridized carbons (Fsp3) is 0.350. The first-order valence-corrected chi connectivity index (χ1v) is 10.1. The van der Waals surface area contributed by atoms with Crippen molar-refractivity contribution in [3.63, 3.8) is 0 Å². The topological polar surface area (TPSA) is 57.7 Å². The predicted octanol–water partition coefficient (Wildman–Crippen LogP) is 3.61. The Morgan fingerprint density at radius 1 is 1.00 bits per heavy atom. The van der Waals surface area contributed by atoms with Crippen LogP contribution in [0.25, 0.3) is 0 Å². The molecular formula is C20H26N2O3S. The Kier molecular flexibility index (Phi) is 6.21. The minimum atomic E-state index is -3.60. The van der Waals surface area contributed by atoms with Crippen LogP contribution in [-0.4, -0.2) is 38.8 Å². The van der Waals surface area contributed by atoms with Crippen LogP contribution in [0.4, 0.5) is 5.69 Å². The molecule has 0 heterocycles. The number of carbonyl (C=O) groups is 1. The zero-order valence-electron chi connectivity index (χ0n) is 16.0. The molecule has 140 valence electrons. The van der Waals surface area contributed by atoms with Crippen molar-refractivity contribution in [2.75, 3.05) is 25.0 Å². The van der Waals surface area contributed by atoms with Gasteiger partial charge in [-0.25, -0.2) is 8.42 Å². The highest BCUT2D eigenvalue weighted by Crippen LogP contribution is 2.23. The molecule has 1 amide bonds. The molecule has 0 fully saturated rings. The van der Waals surface area contributed by atoms with Gasteiger partial charge in [-0.05, 0) is 43.7 Å². The summed E-state index contributed by atoms with van der Waals surface area (Å²) in [5, 5.41) is 0. The van der Waals surface area contributed by atoms with Crippen molar-refractivity contribution in [2.45, 2.75) is 32.6 Å². The maximum Gasteiger partial charge on any atom is 0.258 e. The Balaban J connectivity index is 2.39. The number of sulfonamides is 1. The summed E-state index contributed by atoms with van der Waals surface area (Å²) in [4.78, 5) is 14.6. The summed E-state index contributed by atoms with van der Waals surface area (Å²) in [6, 6.07) is 12.1. The van der Waals surface area contributed by atoms with Crippen LogP contribution in [0.5, 0.6) is 0 Å². The van der Waals surface area contributed by atoms with Crippen molar-refractivity contribution in [1.29, 1.82) is 0 Å². The summed E-state index contributed by atoms with van der Waals surface area (Å²) in [5.41, 5.74) is 3.27. The van der Waals surface area contributed by atoms with E-state index >= 15 is 0 Å². The maximum absolute atomic E-state index is 12.9. The molecule has 0 saturated heterocycles. The lowest BCUT2D eigenvalue weighted by molar-refractivity contribution is 0.0992. The van der Waals surface area contributed by atoms with Crippen LogP contribution in [0, 0.1) is 13.8 Å². The number of anilines is 1. The SMILES string of the molecule is CCN(CC)S(=O)(=O)c1cccc(C(=O)N(C)c2ccc(C)cc2C)c1. The number of nitrogens with zero attached hydrogens (tertiary/aromatic N) is 2. The lowest BCUT2D eigenvalue weighted by atomic mass is 10.1. The van der Waals surface area contributed by atoms with Crippen molar-refractivity contribution in [2.24, 2.45) is 0 Å². The van der Waals surface area contributed by atoms with E-state index in [1.165, 1.54) is 16.4 Å². The Morgan fingerprint density at radius 3 is 2.23 bits per heavy atom. The molecule has 0 aliphatic carbocycles. The molecule has 0 aromatic heterocycles. The van der Waals surface area contributed by atoms with Gasteiger partial charge in [-0.2, -0.15) is 4.31 Å². The van der Waals surface area contributed by atoms with Gasteiger partial charge in [0.2, 0.25) is 10.0 Å². The monoisotopic (exact) mass is 374 g/mol. The number of aryl methyl sites for hydroxylation is 2. The van der Waals surface area contributed by atoms with Gasteiger partial charge in [-0.3, -0.25) is 4.79 Å². The summed E-state index contributed by atoms with van der Waals surface area (Å²) < 4.78 is 26.8. The molecule has 26 heavy (non-hydrogen) atoms. The summed E-state index contributed by atoms with van der Waals surface area (Å²) in [5.74, 6) is -0.242. The lowest BCUT2D eigenvalue weighted by Gasteiger charge is -2.21. The zero-order chi connectivity index (χ0) is 19.5. The van der Waals surface area contributed by atoms with E-state index in [2.05, 4.69) is 0 Å². The quantitative estimate of drug-likeness (QED) is 0.776. The van der Waals surface area contributed by atoms with Crippen molar-refractivity contribution in [3.8, 4) is 0 Å². The molecule has 0 aliphatic rings. The summed E-state index contributed by atoms with van der Waals surface area (Å²) in [7, 11) is -1.90. The largest absolute Gasteiger partial charge is 0.311 e. The average molecular weight is 375 g/mol. The minimum absolute atomic E-state index is 0.140. The van der Waals surface area contributed by atoms with E-state index in [4.69, 9.17) is 0 Å². The third-order valence-electron chi connectivity index (χ3n) is 4.44. The van der Waals surface area contributed by atoms with Crippen LogP contribution in [-0.2, 0) is 10.0 Å². The van der Waals surface area contributed by atoms with Gasteiger partial charge in [-0.15, -0.1) is 0 Å². The number of rotatable bonds is 6. The van der Waals surface area contributed by atoms with Gasteiger partial charge in [0.15, 0.2) is 0 Å². The molecule has 0 N–H and O–H groups in total. The second kappa shape index (κ2) is 8.01. The second-order valence-corrected chi connectivity index (χ2v) is 8.21. The molecule has 0 bridgehead atoms. The second-order valence-electron chi connectivity index (χ2n) is 6.27. The smallest absolute Gasteiger partial charge is 0.258 e. The van der Waals surface area contributed by atoms with Crippen LogP contribution in [0.2, 0.25) is 0 Å². The van der Waals surface area contributed by atoms with Crippen LogP contribution < -0.4 is 4.90 Å². The van der Waals surface area contributed by atoms with E-state index in [-0.39, 0.29) is 10.8 Å². The summed E-state index contributed by atoms with van der Waals surface area (Å²) in [6.07, 6.45) is 0. The number of hydrogen-bond donors (Lipinski definition) is 0. The van der Waals surface area contributed by atoms with E-state index in [9.17, 15) is 13.2 Å². The number of amides is 1. The normalized spacial score (nSPS) is 11.6. The summed E-state index contributed by atoms with van der Waals surface area (Å²) in [6.45, 7) is 8.32. The van der Waals surface area contributed by atoms with Gasteiger partial charge in [0.25, 0.3) is 5.91 Å². The molecule has 6 heteroatoms. The maximum atomic E-state index is 12.9. The van der Waals surface area contributed by atoms with E-state index in [1.807, 2.05) is 32.0 Å². The standard InChI is InChI=1S/C20H26N2O3S/c1-6-22(7-2)26(24,25)18-10-8-9-17(14-18)20(23)21(5)19-12-11-15(3)13-16(19)4/h8-14H,6-7H2,1-5H3. The van der Waals surface area contributed by atoms with Crippen molar-refractivity contribution in [1.82, 2.24) is 4.31 Å². The average Bonchev–Trinajstić information content (AvgIpc) is 2.61. The highest BCUT2D eigenvalue weighted by Gasteiger charge is 2.23. The van der Waals surface area contributed by atoms with Gasteiger partial charge < -0.3 is 4.90 Å². The highest BCUT2D eigenvalue weighted by molar-refractivity contribution is 7.89. The number of hydrogen-bond acceptors (Lipinski definition) is 3. The predicted molar refractivity (Wildman–Crippen MR) is 105 cm³/mol. The molecule has 0 saturated carbocycles. The van der Waals surface area contributed by atoms with Gasteiger partial charge in [-0.1, -0.05) is 37.6 Å². The molecule has 2 rings (SSSR count). The molecule has 5 nitrogen and oxygen atoms in total. The van der Waals surface area contributed by atoms with Gasteiger partial charge in [0.05, 0.1) is 4.90 Å². The van der Waals surface area contributed by atoms with Gasteiger partial charge >= 0.3 is 0 Å². The van der Waals surface area contributed by atoms with Crippen LogP contribution in [0.3, 0.4) is 0 Å². The molecule has 2 aromatic carbocycles. The van der Waals surface area contributed by atoms with E-state index in [1.54, 1.807) is 37.9 Å². The Morgan fingerprint density at radius 2 is 1.65 bits per heavy atom. The first-order chi connectivity index (χ1) is 12.2. The molecule has 2 aromatic rings. The molecular weight excluding hydrogens is 348 g/mol. The lowest BCUT2D eigenvalue weighted by Crippen LogP contribution is -2.31. The first kappa shape index (κ1) is 20.1. The number of carbonyl (C=O) groups excluding carboxylic acids is 1. The first-order valence-electron chi connectivity index (χ1n) is 8.67. The van der Waals surface area contributed by atoms with Crippen molar-refractivity contribution >= 4 is 21.6 Å². The van der Waals surface area contributed by atoms with Crippen molar-refractivity contribution in [3.05, 3.63) is 59.2 Å². The van der Waals surface area contributed by atoms with E-state index in [0.717, 1.165) is 16.8 Å². The molecule has 0 spiro atoms. The molecule has 0 unspecified atom stereocenters. The molecule has 0 aliphatic heterocycles. The fourth-order valence-corrected chi connectivity index (χ4v) is 4.49. The third kappa shape index (κ3) is 3.97. The molecule has 0 radical (unpaired) electrons. The van der Waals surface area contributed by atoms with Crippen LogP contribution in [0.15, 0.2) is 47.4 Å².